The van der Waals surface area contributed by atoms with Crippen LogP contribution in [0.15, 0.2) is 42.5 Å². The topological polar surface area (TPSA) is 95.9 Å². The lowest BCUT2D eigenvalue weighted by Crippen LogP contribution is -2.52. The number of rotatable bonds is 5. The van der Waals surface area contributed by atoms with Gasteiger partial charge in [0, 0.05) is 23.4 Å². The number of aliphatic hydroxyl groups is 1. The summed E-state index contributed by atoms with van der Waals surface area (Å²) in [7, 11) is -3.68. The first-order valence-corrected chi connectivity index (χ1v) is 11.7. The first kappa shape index (κ1) is 24.3. The minimum absolute atomic E-state index is 0.00771. The van der Waals surface area contributed by atoms with E-state index in [-0.39, 0.29) is 41.2 Å². The lowest BCUT2D eigenvalue weighted by Gasteiger charge is -2.34. The molecule has 1 heterocycles. The summed E-state index contributed by atoms with van der Waals surface area (Å²) in [5.74, 6) is -1.09. The highest BCUT2D eigenvalue weighted by molar-refractivity contribution is 7.88. The van der Waals surface area contributed by atoms with Crippen molar-refractivity contribution in [3.63, 3.8) is 0 Å². The van der Waals surface area contributed by atoms with Gasteiger partial charge in [-0.1, -0.05) is 35.9 Å². The van der Waals surface area contributed by atoms with Crippen molar-refractivity contribution in [3.8, 4) is 16.9 Å². The summed E-state index contributed by atoms with van der Waals surface area (Å²) in [4.78, 5) is 12.7. The first-order chi connectivity index (χ1) is 14.8. The summed E-state index contributed by atoms with van der Waals surface area (Å²) < 4.78 is 67.2. The van der Waals surface area contributed by atoms with E-state index < -0.39 is 40.2 Å². The number of carbonyl (C=O) groups is 1. The van der Waals surface area contributed by atoms with Crippen LogP contribution in [0.1, 0.15) is 12.8 Å². The molecule has 1 amide bonds. The molecule has 32 heavy (non-hydrogen) atoms. The van der Waals surface area contributed by atoms with Crippen molar-refractivity contribution in [2.75, 3.05) is 18.1 Å². The Bertz CT molecular complexity index is 1110. The number of ether oxygens (including phenoxy) is 1. The van der Waals surface area contributed by atoms with Crippen LogP contribution >= 0.6 is 11.6 Å². The maximum absolute atomic E-state index is 12.7. The number of carbonyl (C=O) groups excluding carboxylic acids is 1. The van der Waals surface area contributed by atoms with Gasteiger partial charge < -0.3 is 15.2 Å². The van der Waals surface area contributed by atoms with E-state index in [0.29, 0.717) is 0 Å². The van der Waals surface area contributed by atoms with Gasteiger partial charge in [-0.25, -0.2) is 8.42 Å². The normalized spacial score (nSPS) is 20.1. The van der Waals surface area contributed by atoms with Crippen LogP contribution in [0.25, 0.3) is 11.1 Å². The van der Waals surface area contributed by atoms with Crippen LogP contribution in [0.4, 0.5) is 18.9 Å². The molecule has 1 saturated heterocycles. The van der Waals surface area contributed by atoms with Crippen molar-refractivity contribution in [1.29, 1.82) is 0 Å². The highest BCUT2D eigenvalue weighted by atomic mass is 35.5. The maximum Gasteiger partial charge on any atom is 0.573 e. The van der Waals surface area contributed by atoms with Crippen molar-refractivity contribution in [3.05, 3.63) is 47.5 Å². The number of para-hydroxylation sites is 1. The molecule has 3 rings (SSSR count). The molecule has 1 aliphatic heterocycles. The summed E-state index contributed by atoms with van der Waals surface area (Å²) in [5, 5.41) is 12.5. The van der Waals surface area contributed by atoms with Gasteiger partial charge in [-0.05, 0) is 31.0 Å². The van der Waals surface area contributed by atoms with Gasteiger partial charge in [-0.3, -0.25) is 4.79 Å². The second-order valence-electron chi connectivity index (χ2n) is 7.30. The third kappa shape index (κ3) is 5.91. The Kier molecular flexibility index (Phi) is 7.03. The molecule has 0 aromatic heterocycles. The Labute approximate surface area is 187 Å². The smallest absolute Gasteiger partial charge is 0.405 e. The SMILES string of the molecule is CS(=O)(=O)N1CCC(O)CC1C(=O)Nc1ccc(-c2ccccc2OC(F)(F)F)c(Cl)c1. The molecule has 0 aliphatic carbocycles. The molecule has 174 valence electrons. The average molecular weight is 493 g/mol. The van der Waals surface area contributed by atoms with Gasteiger partial charge in [0.15, 0.2) is 0 Å². The summed E-state index contributed by atoms with van der Waals surface area (Å²) in [6, 6.07) is 8.56. The average Bonchev–Trinajstić information content (AvgIpc) is 2.66. The number of aliphatic hydroxyl groups excluding tert-OH is 1. The van der Waals surface area contributed by atoms with Gasteiger partial charge in [-0.15, -0.1) is 13.2 Å². The lowest BCUT2D eigenvalue weighted by atomic mass is 10.0. The third-order valence-electron chi connectivity index (χ3n) is 4.89. The number of nitrogens with zero attached hydrogens (tertiary/aromatic N) is 1. The van der Waals surface area contributed by atoms with E-state index in [1.54, 1.807) is 0 Å². The van der Waals surface area contributed by atoms with Crippen molar-refractivity contribution in [2.24, 2.45) is 0 Å². The Morgan fingerprint density at radius 3 is 2.53 bits per heavy atom. The number of halogens is 4. The van der Waals surface area contributed by atoms with Gasteiger partial charge in [0.25, 0.3) is 0 Å². The number of nitrogens with one attached hydrogen (secondary N) is 1. The number of benzene rings is 2. The fourth-order valence-electron chi connectivity index (χ4n) is 3.50. The van der Waals surface area contributed by atoms with Gasteiger partial charge in [-0.2, -0.15) is 4.31 Å². The molecule has 2 atom stereocenters. The first-order valence-electron chi connectivity index (χ1n) is 9.45. The van der Waals surface area contributed by atoms with Crippen LogP contribution in [0, 0.1) is 0 Å². The van der Waals surface area contributed by atoms with Crippen LogP contribution in [0.5, 0.6) is 5.75 Å². The Balaban J connectivity index is 1.84. The third-order valence-corrected chi connectivity index (χ3v) is 6.50. The molecule has 2 N–H and O–H groups in total. The van der Waals surface area contributed by atoms with E-state index in [0.717, 1.165) is 16.6 Å². The second-order valence-corrected chi connectivity index (χ2v) is 9.64. The molecule has 12 heteroatoms. The highest BCUT2D eigenvalue weighted by Gasteiger charge is 2.38. The number of alkyl halides is 3. The molecule has 1 aliphatic rings. The zero-order valence-corrected chi connectivity index (χ0v) is 18.3. The fraction of sp³-hybridized carbons (Fsp3) is 0.350. The van der Waals surface area contributed by atoms with E-state index in [1.807, 2.05) is 0 Å². The maximum atomic E-state index is 12.7. The fourth-order valence-corrected chi connectivity index (χ4v) is 4.86. The highest BCUT2D eigenvalue weighted by Crippen LogP contribution is 2.38. The predicted octanol–water partition coefficient (Wildman–Crippen LogP) is 3.63. The second kappa shape index (κ2) is 9.26. The molecule has 0 radical (unpaired) electrons. The molecular formula is C20H20ClF3N2O5S. The monoisotopic (exact) mass is 492 g/mol. The molecule has 1 fully saturated rings. The quantitative estimate of drug-likeness (QED) is 0.664. The number of anilines is 1. The van der Waals surface area contributed by atoms with Gasteiger partial charge in [0.05, 0.1) is 17.4 Å². The number of hydrogen-bond donors (Lipinski definition) is 2. The minimum atomic E-state index is -4.88. The standard InChI is InChI=1S/C20H20ClF3N2O5S/c1-32(29,30)26-9-8-13(27)11-17(26)19(28)25-12-6-7-14(16(21)10-12)15-4-2-3-5-18(15)31-20(22,23)24/h2-7,10,13,17,27H,8-9,11H2,1H3,(H,25,28). The largest absolute Gasteiger partial charge is 0.573 e. The van der Waals surface area contributed by atoms with Crippen LogP contribution in [0.2, 0.25) is 5.02 Å². The van der Waals surface area contributed by atoms with E-state index in [1.165, 1.54) is 36.4 Å². The number of piperidine rings is 1. The van der Waals surface area contributed by atoms with Gasteiger partial charge in [0.2, 0.25) is 15.9 Å². The van der Waals surface area contributed by atoms with E-state index >= 15 is 0 Å². The van der Waals surface area contributed by atoms with Crippen LogP contribution in [-0.4, -0.2) is 55.0 Å². The Morgan fingerprint density at radius 1 is 1.22 bits per heavy atom. The van der Waals surface area contributed by atoms with Crippen LogP contribution in [-0.2, 0) is 14.8 Å². The molecule has 0 spiro atoms. The molecular weight excluding hydrogens is 473 g/mol. The van der Waals surface area contributed by atoms with Crippen molar-refractivity contribution in [2.45, 2.75) is 31.3 Å². The van der Waals surface area contributed by atoms with Gasteiger partial charge in [0.1, 0.15) is 11.8 Å². The summed E-state index contributed by atoms with van der Waals surface area (Å²) in [6.07, 6.45) is -4.56. The summed E-state index contributed by atoms with van der Waals surface area (Å²) in [6.45, 7) is 0.00771. The summed E-state index contributed by atoms with van der Waals surface area (Å²) >= 11 is 6.27. The van der Waals surface area contributed by atoms with Crippen LogP contribution in [0.3, 0.4) is 0 Å². The predicted molar refractivity (Wildman–Crippen MR) is 113 cm³/mol. The number of amides is 1. The number of hydrogen-bond acceptors (Lipinski definition) is 5. The molecule has 2 unspecified atom stereocenters. The number of sulfonamides is 1. The van der Waals surface area contributed by atoms with E-state index in [2.05, 4.69) is 10.1 Å². The lowest BCUT2D eigenvalue weighted by molar-refractivity contribution is -0.274. The zero-order valence-electron chi connectivity index (χ0n) is 16.8. The molecule has 0 bridgehead atoms. The Morgan fingerprint density at radius 2 is 1.91 bits per heavy atom. The van der Waals surface area contributed by atoms with E-state index in [4.69, 9.17) is 11.6 Å². The van der Waals surface area contributed by atoms with E-state index in [9.17, 15) is 31.5 Å². The summed E-state index contributed by atoms with van der Waals surface area (Å²) in [5.41, 5.74) is 0.563. The molecule has 2 aromatic rings. The van der Waals surface area contributed by atoms with Crippen LogP contribution < -0.4 is 10.1 Å². The minimum Gasteiger partial charge on any atom is -0.405 e. The van der Waals surface area contributed by atoms with Crippen molar-refractivity contribution in [1.82, 2.24) is 4.31 Å². The van der Waals surface area contributed by atoms with Gasteiger partial charge >= 0.3 is 6.36 Å². The Hall–Kier alpha value is -2.34. The van der Waals surface area contributed by atoms with Crippen molar-refractivity contribution >= 4 is 33.2 Å². The molecule has 2 aromatic carbocycles. The molecule has 0 saturated carbocycles. The van der Waals surface area contributed by atoms with Crippen molar-refractivity contribution < 1.29 is 36.2 Å². The zero-order chi connectivity index (χ0) is 23.7. The molecule has 7 nitrogen and oxygen atoms in total.